The van der Waals surface area contributed by atoms with Crippen LogP contribution in [-0.2, 0) is 6.42 Å². The van der Waals surface area contributed by atoms with Crippen molar-refractivity contribution in [3.05, 3.63) is 29.8 Å². The van der Waals surface area contributed by atoms with E-state index < -0.39 is 0 Å². The molecule has 0 aromatic heterocycles. The minimum atomic E-state index is 0. The maximum Gasteiger partial charge on any atom is 0.193 e. The molecule has 3 nitrogen and oxygen atoms in total. The zero-order valence-corrected chi connectivity index (χ0v) is 14.8. The molecule has 0 amide bonds. The first-order valence-corrected chi connectivity index (χ1v) is 7.27. The van der Waals surface area contributed by atoms with Gasteiger partial charge in [0.15, 0.2) is 5.96 Å². The molecule has 1 aliphatic rings. The van der Waals surface area contributed by atoms with Crippen LogP contribution in [0.5, 0.6) is 0 Å². The number of hydrogen-bond acceptors (Lipinski definition) is 1. The zero-order valence-electron chi connectivity index (χ0n) is 12.5. The van der Waals surface area contributed by atoms with Gasteiger partial charge >= 0.3 is 0 Å². The van der Waals surface area contributed by atoms with Crippen molar-refractivity contribution in [3.8, 4) is 0 Å². The molecule has 0 heterocycles. The minimum Gasteiger partial charge on any atom is -0.370 e. The molecule has 0 atom stereocenters. The van der Waals surface area contributed by atoms with Gasteiger partial charge in [0.25, 0.3) is 0 Å². The Kier molecular flexibility index (Phi) is 6.79. The van der Waals surface area contributed by atoms with Crippen LogP contribution in [0.25, 0.3) is 0 Å². The third-order valence-corrected chi connectivity index (χ3v) is 4.08. The lowest BCUT2D eigenvalue weighted by Crippen LogP contribution is -2.25. The van der Waals surface area contributed by atoms with Crippen molar-refractivity contribution in [2.45, 2.75) is 46.0 Å². The second-order valence-corrected chi connectivity index (χ2v) is 5.89. The van der Waals surface area contributed by atoms with Crippen molar-refractivity contribution in [2.24, 2.45) is 16.1 Å². The van der Waals surface area contributed by atoms with Gasteiger partial charge in [-0.3, -0.25) is 4.99 Å². The van der Waals surface area contributed by atoms with Crippen LogP contribution in [0.4, 0.5) is 5.69 Å². The molecule has 4 heteroatoms. The van der Waals surface area contributed by atoms with Crippen molar-refractivity contribution in [2.75, 3.05) is 11.9 Å². The molecule has 1 aliphatic carbocycles. The third kappa shape index (κ3) is 4.96. The Balaban J connectivity index is 0.00000200. The van der Waals surface area contributed by atoms with Crippen molar-refractivity contribution in [1.29, 1.82) is 0 Å². The fourth-order valence-electron chi connectivity index (χ4n) is 2.67. The van der Waals surface area contributed by atoms with Gasteiger partial charge in [-0.05, 0) is 42.4 Å². The molecule has 0 bridgehead atoms. The van der Waals surface area contributed by atoms with E-state index >= 15 is 0 Å². The first-order chi connectivity index (χ1) is 9.11. The number of rotatable bonds is 4. The highest BCUT2D eigenvalue weighted by atomic mass is 127. The highest BCUT2D eigenvalue weighted by Gasteiger charge is 2.28. The van der Waals surface area contributed by atoms with Crippen LogP contribution in [0.1, 0.15) is 45.1 Å². The summed E-state index contributed by atoms with van der Waals surface area (Å²) < 4.78 is 0. The molecule has 3 N–H and O–H groups in total. The fourth-order valence-corrected chi connectivity index (χ4v) is 2.67. The maximum absolute atomic E-state index is 5.95. The third-order valence-electron chi connectivity index (χ3n) is 4.08. The number of nitrogens with zero attached hydrogens (tertiary/aromatic N) is 1. The number of hydrogen-bond donors (Lipinski definition) is 2. The lowest BCUT2D eigenvalue weighted by atomic mass is 9.89. The van der Waals surface area contributed by atoms with Crippen LogP contribution in [0.3, 0.4) is 0 Å². The Morgan fingerprint density at radius 1 is 1.25 bits per heavy atom. The summed E-state index contributed by atoms with van der Waals surface area (Å²) in [5, 5.41) is 3.16. The van der Waals surface area contributed by atoms with Crippen molar-refractivity contribution < 1.29 is 0 Å². The van der Waals surface area contributed by atoms with E-state index in [0.29, 0.717) is 11.4 Å². The van der Waals surface area contributed by atoms with Crippen LogP contribution in [0.15, 0.2) is 29.3 Å². The number of nitrogens with one attached hydrogen (secondary N) is 1. The predicted molar refractivity (Wildman–Crippen MR) is 97.9 cm³/mol. The lowest BCUT2D eigenvalue weighted by Gasteiger charge is -2.20. The van der Waals surface area contributed by atoms with Crippen molar-refractivity contribution in [3.63, 3.8) is 0 Å². The molecule has 0 aliphatic heterocycles. The van der Waals surface area contributed by atoms with Crippen LogP contribution in [0, 0.1) is 5.41 Å². The molecule has 20 heavy (non-hydrogen) atoms. The molecule has 1 aromatic carbocycles. The monoisotopic (exact) mass is 387 g/mol. The van der Waals surface area contributed by atoms with E-state index in [1.165, 1.54) is 31.2 Å². The van der Waals surface area contributed by atoms with E-state index in [1.807, 2.05) is 0 Å². The average Bonchev–Trinajstić information content (AvgIpc) is 2.85. The first-order valence-electron chi connectivity index (χ1n) is 7.27. The first kappa shape index (κ1) is 17.3. The summed E-state index contributed by atoms with van der Waals surface area (Å²) in [4.78, 5) is 4.50. The van der Waals surface area contributed by atoms with Gasteiger partial charge in [0.05, 0.1) is 0 Å². The highest BCUT2D eigenvalue weighted by molar-refractivity contribution is 14.0. The Bertz CT molecular complexity index is 434. The Hall–Kier alpha value is -0.780. The molecular formula is C16H26IN3. The molecule has 1 aromatic rings. The van der Waals surface area contributed by atoms with Crippen LogP contribution >= 0.6 is 24.0 Å². The number of anilines is 1. The van der Waals surface area contributed by atoms with E-state index in [9.17, 15) is 0 Å². The van der Waals surface area contributed by atoms with Gasteiger partial charge in [-0.2, -0.15) is 0 Å². The maximum atomic E-state index is 5.95. The average molecular weight is 387 g/mol. The Labute approximate surface area is 139 Å². The number of aliphatic imine (C=N–C) groups is 1. The van der Waals surface area contributed by atoms with Gasteiger partial charge in [0, 0.05) is 12.2 Å². The van der Waals surface area contributed by atoms with E-state index in [0.717, 1.165) is 18.7 Å². The van der Waals surface area contributed by atoms with Crippen LogP contribution in [-0.4, -0.2) is 12.5 Å². The lowest BCUT2D eigenvalue weighted by molar-refractivity contribution is 0.351. The summed E-state index contributed by atoms with van der Waals surface area (Å²) >= 11 is 0. The summed E-state index contributed by atoms with van der Waals surface area (Å²) in [6.45, 7) is 5.30. The van der Waals surface area contributed by atoms with E-state index in [2.05, 4.69) is 48.4 Å². The van der Waals surface area contributed by atoms with E-state index in [4.69, 9.17) is 5.73 Å². The molecule has 2 rings (SSSR count). The summed E-state index contributed by atoms with van der Waals surface area (Å²) in [7, 11) is 0. The van der Waals surface area contributed by atoms with Crippen LogP contribution in [0.2, 0.25) is 0 Å². The molecule has 112 valence electrons. The second kappa shape index (κ2) is 7.86. The number of aryl methyl sites for hydroxylation is 1. The largest absolute Gasteiger partial charge is 0.370 e. The smallest absolute Gasteiger partial charge is 0.193 e. The number of nitrogens with two attached hydrogens (primary N) is 1. The standard InChI is InChI=1S/C16H25N3.HI/c1-3-13-6-8-14(9-7-13)19-15(17)18-12-16(2)10-4-5-11-16;/h6-9H,3-5,10-12H2,1-2H3,(H3,17,18,19);1H. The molecule has 0 unspecified atom stereocenters. The Morgan fingerprint density at radius 3 is 2.40 bits per heavy atom. The molecule has 0 spiro atoms. The molecule has 1 fully saturated rings. The van der Waals surface area contributed by atoms with Crippen molar-refractivity contribution in [1.82, 2.24) is 0 Å². The van der Waals surface area contributed by atoms with Crippen LogP contribution < -0.4 is 11.1 Å². The van der Waals surface area contributed by atoms with Crippen molar-refractivity contribution >= 4 is 35.6 Å². The summed E-state index contributed by atoms with van der Waals surface area (Å²) in [5.41, 5.74) is 8.65. The molecular weight excluding hydrogens is 361 g/mol. The number of halogens is 1. The topological polar surface area (TPSA) is 50.4 Å². The van der Waals surface area contributed by atoms with Gasteiger partial charge in [-0.1, -0.05) is 38.8 Å². The van der Waals surface area contributed by atoms with Gasteiger partial charge in [-0.25, -0.2) is 0 Å². The minimum absolute atomic E-state index is 0. The second-order valence-electron chi connectivity index (χ2n) is 5.89. The number of guanidine groups is 1. The molecule has 1 saturated carbocycles. The summed E-state index contributed by atoms with van der Waals surface area (Å²) in [6, 6.07) is 8.35. The quantitative estimate of drug-likeness (QED) is 0.463. The SMILES string of the molecule is CCc1ccc(NC(N)=NCC2(C)CCCC2)cc1.I. The normalized spacial score (nSPS) is 17.6. The van der Waals surface area contributed by atoms with E-state index in [1.54, 1.807) is 0 Å². The molecule has 0 saturated heterocycles. The predicted octanol–water partition coefficient (Wildman–Crippen LogP) is 4.17. The van der Waals surface area contributed by atoms with E-state index in [-0.39, 0.29) is 24.0 Å². The molecule has 0 radical (unpaired) electrons. The van der Waals surface area contributed by atoms with Gasteiger partial charge in [0.1, 0.15) is 0 Å². The summed E-state index contributed by atoms with van der Waals surface area (Å²) in [5.74, 6) is 0.525. The van der Waals surface area contributed by atoms with Gasteiger partial charge in [0.2, 0.25) is 0 Å². The van der Waals surface area contributed by atoms with Gasteiger partial charge in [-0.15, -0.1) is 24.0 Å². The fraction of sp³-hybridized carbons (Fsp3) is 0.562. The highest BCUT2D eigenvalue weighted by Crippen LogP contribution is 2.37. The van der Waals surface area contributed by atoms with Gasteiger partial charge < -0.3 is 11.1 Å². The number of benzene rings is 1. The Morgan fingerprint density at radius 2 is 1.85 bits per heavy atom. The zero-order chi connectivity index (χ0) is 13.7. The summed E-state index contributed by atoms with van der Waals surface area (Å²) in [6.07, 6.45) is 6.27.